The molecule has 5 rings (SSSR count). The molecule has 0 unspecified atom stereocenters. The highest BCUT2D eigenvalue weighted by molar-refractivity contribution is 5.81. The monoisotopic (exact) mass is 591 g/mol. The fourth-order valence-corrected chi connectivity index (χ4v) is 11.8. The van der Waals surface area contributed by atoms with Gasteiger partial charge in [0, 0.05) is 5.41 Å². The van der Waals surface area contributed by atoms with Gasteiger partial charge in [-0.1, -0.05) is 34.6 Å². The van der Waals surface area contributed by atoms with E-state index < -0.39 is 36.1 Å². The summed E-state index contributed by atoms with van der Waals surface area (Å²) < 4.78 is 12.6. The third-order valence-electron chi connectivity index (χ3n) is 14.2. The van der Waals surface area contributed by atoms with E-state index in [4.69, 9.17) is 20.3 Å². The van der Waals surface area contributed by atoms with Crippen LogP contribution in [0, 0.1) is 45.3 Å². The first-order chi connectivity index (χ1) is 19.2. The van der Waals surface area contributed by atoms with Crippen LogP contribution in [0.15, 0.2) is 0 Å². The number of ether oxygens (including phenoxy) is 2. The molecule has 240 valence electrons. The molecule has 0 radical (unpaired) electrons. The number of hydrogen-bond donors (Lipinski definition) is 4. The number of rotatable bonds is 6. The lowest BCUT2D eigenvalue weighted by Crippen LogP contribution is -2.67. The molecule has 5 N–H and O–H groups in total. The van der Waals surface area contributed by atoms with E-state index in [1.165, 1.54) is 0 Å². The lowest BCUT2D eigenvalue weighted by atomic mass is 9.35. The van der Waals surface area contributed by atoms with E-state index in [-0.39, 0.29) is 51.3 Å². The third-order valence-corrected chi connectivity index (χ3v) is 14.2. The zero-order chi connectivity index (χ0) is 31.3. The van der Waals surface area contributed by atoms with Gasteiger partial charge in [0.1, 0.15) is 12.1 Å². The average Bonchev–Trinajstić information content (AvgIpc) is 3.45. The second kappa shape index (κ2) is 10.1. The number of carboxylic acid groups (broad SMARTS) is 1. The van der Waals surface area contributed by atoms with Crippen molar-refractivity contribution < 1.29 is 34.4 Å². The Morgan fingerprint density at radius 3 is 2.19 bits per heavy atom. The van der Waals surface area contributed by atoms with E-state index in [1.54, 1.807) is 0 Å². The Labute approximate surface area is 252 Å². The minimum absolute atomic E-state index is 0.0184. The SMILES string of the molecule is CC(C)(O)[C@@H]1CC[C@@](C)([C@H]2CC[C@]3(C)[C@@H]2[C@H](O)C[C@@H]2[C@@]4(C)CC[C@H](OC(=O)[C@@H](N)CC(=O)O)C(C)(C)[C@@H]4CC[C@]23C)O1. The minimum atomic E-state index is -1.16. The summed E-state index contributed by atoms with van der Waals surface area (Å²) in [6.45, 7) is 17.7. The molecule has 4 aliphatic carbocycles. The van der Waals surface area contributed by atoms with E-state index in [1.807, 2.05) is 13.8 Å². The highest BCUT2D eigenvalue weighted by Gasteiger charge is 2.72. The van der Waals surface area contributed by atoms with Crippen molar-refractivity contribution in [2.45, 2.75) is 155 Å². The largest absolute Gasteiger partial charge is 0.481 e. The molecule has 5 fully saturated rings. The first kappa shape index (κ1) is 32.2. The lowest BCUT2D eigenvalue weighted by molar-refractivity contribution is -0.251. The van der Waals surface area contributed by atoms with E-state index in [9.17, 15) is 19.8 Å². The van der Waals surface area contributed by atoms with E-state index in [0.29, 0.717) is 18.3 Å². The summed E-state index contributed by atoms with van der Waals surface area (Å²) in [5.74, 6) is -0.679. The third kappa shape index (κ3) is 4.68. The molecule has 0 aromatic rings. The molecule has 1 heterocycles. The molecule has 4 saturated carbocycles. The lowest BCUT2D eigenvalue weighted by Gasteiger charge is -2.70. The van der Waals surface area contributed by atoms with Crippen LogP contribution < -0.4 is 5.73 Å². The highest BCUT2D eigenvalue weighted by atomic mass is 16.5. The molecule has 0 aromatic carbocycles. The maximum atomic E-state index is 12.7. The molecular weight excluding hydrogens is 534 g/mol. The van der Waals surface area contributed by atoms with E-state index in [2.05, 4.69) is 41.5 Å². The van der Waals surface area contributed by atoms with Gasteiger partial charge in [-0.05, 0) is 118 Å². The van der Waals surface area contributed by atoms with Crippen molar-refractivity contribution in [1.29, 1.82) is 0 Å². The molecule has 0 amide bonds. The molecule has 0 spiro atoms. The van der Waals surface area contributed by atoms with Crippen LogP contribution in [0.1, 0.15) is 120 Å². The quantitative estimate of drug-likeness (QED) is 0.314. The van der Waals surface area contributed by atoms with Crippen molar-refractivity contribution in [3.8, 4) is 0 Å². The number of nitrogens with two attached hydrogens (primary N) is 1. The van der Waals surface area contributed by atoms with Crippen LogP contribution >= 0.6 is 0 Å². The van der Waals surface area contributed by atoms with Crippen LogP contribution in [0.5, 0.6) is 0 Å². The average molecular weight is 592 g/mol. The van der Waals surface area contributed by atoms with Crippen LogP contribution in [-0.4, -0.2) is 62.8 Å². The highest BCUT2D eigenvalue weighted by Crippen LogP contribution is 2.76. The summed E-state index contributed by atoms with van der Waals surface area (Å²) in [5, 5.41) is 31.9. The van der Waals surface area contributed by atoms with Gasteiger partial charge >= 0.3 is 11.9 Å². The van der Waals surface area contributed by atoms with Gasteiger partial charge in [0.05, 0.1) is 29.8 Å². The molecule has 12 atom stereocenters. The van der Waals surface area contributed by atoms with E-state index in [0.717, 1.165) is 51.4 Å². The number of carbonyl (C=O) groups is 2. The number of carboxylic acids is 1. The maximum absolute atomic E-state index is 12.7. The Kier molecular flexibility index (Phi) is 7.78. The Bertz CT molecular complexity index is 1090. The van der Waals surface area contributed by atoms with Crippen molar-refractivity contribution >= 4 is 11.9 Å². The summed E-state index contributed by atoms with van der Waals surface area (Å²) >= 11 is 0. The second-order valence-electron chi connectivity index (χ2n) is 17.1. The van der Waals surface area contributed by atoms with Crippen molar-refractivity contribution in [2.75, 3.05) is 0 Å². The summed E-state index contributed by atoms with van der Waals surface area (Å²) in [6, 6.07) is -1.16. The van der Waals surface area contributed by atoms with Crippen molar-refractivity contribution in [2.24, 2.45) is 51.1 Å². The number of hydrogen-bond acceptors (Lipinski definition) is 7. The molecule has 1 saturated heterocycles. The van der Waals surface area contributed by atoms with Gasteiger partial charge in [0.25, 0.3) is 0 Å². The second-order valence-corrected chi connectivity index (χ2v) is 17.1. The predicted octanol–water partition coefficient (Wildman–Crippen LogP) is 5.06. The number of aliphatic hydroxyl groups is 2. The molecule has 8 heteroatoms. The van der Waals surface area contributed by atoms with Crippen LogP contribution in [0.2, 0.25) is 0 Å². The molecule has 42 heavy (non-hydrogen) atoms. The van der Waals surface area contributed by atoms with Gasteiger partial charge < -0.3 is 30.5 Å². The molecule has 0 aromatic heterocycles. The smallest absolute Gasteiger partial charge is 0.323 e. The van der Waals surface area contributed by atoms with Gasteiger partial charge in [0.15, 0.2) is 0 Å². The normalized spacial score (nSPS) is 49.0. The minimum Gasteiger partial charge on any atom is -0.481 e. The fraction of sp³-hybridized carbons (Fsp3) is 0.941. The maximum Gasteiger partial charge on any atom is 0.323 e. The summed E-state index contributed by atoms with van der Waals surface area (Å²) in [5.41, 5.74) is 4.35. The van der Waals surface area contributed by atoms with Crippen LogP contribution in [-0.2, 0) is 19.1 Å². The van der Waals surface area contributed by atoms with Crippen molar-refractivity contribution in [3.05, 3.63) is 0 Å². The van der Waals surface area contributed by atoms with Crippen LogP contribution in [0.25, 0.3) is 0 Å². The van der Waals surface area contributed by atoms with Crippen LogP contribution in [0.4, 0.5) is 0 Å². The number of carbonyl (C=O) groups excluding carboxylic acids is 1. The van der Waals surface area contributed by atoms with Gasteiger partial charge in [0.2, 0.25) is 0 Å². The Morgan fingerprint density at radius 2 is 1.60 bits per heavy atom. The molecule has 8 nitrogen and oxygen atoms in total. The number of esters is 1. The Morgan fingerprint density at radius 1 is 0.952 bits per heavy atom. The fourth-order valence-electron chi connectivity index (χ4n) is 11.8. The van der Waals surface area contributed by atoms with Crippen molar-refractivity contribution in [1.82, 2.24) is 0 Å². The van der Waals surface area contributed by atoms with Gasteiger partial charge in [-0.15, -0.1) is 0 Å². The van der Waals surface area contributed by atoms with Gasteiger partial charge in [-0.3, -0.25) is 9.59 Å². The standard InChI is InChI=1S/C34H57NO7/c1-29(2)22-10-15-32(6)23(31(22,5)13-11-24(29)41-28(39)20(35)17-26(37)38)18-21(36)27-19(9-14-33(27,32)7)34(8)16-12-25(42-34)30(3,4)40/h19-25,27,36,40H,9-18,35H2,1-8H3,(H,37,38)/t19-,20-,21+,22-,23+,24-,25-,27-,31-,32+,33+,34-/m0/s1. The number of fused-ring (bicyclic) bond motifs is 5. The molecule has 0 bridgehead atoms. The molecular formula is C34H57NO7. The Hall–Kier alpha value is -1.22. The number of aliphatic carboxylic acids is 1. The Balaban J connectivity index is 1.39. The summed E-state index contributed by atoms with van der Waals surface area (Å²) in [7, 11) is 0. The number of aliphatic hydroxyl groups excluding tert-OH is 1. The summed E-state index contributed by atoms with van der Waals surface area (Å²) in [6.07, 6.45) is 7.00. The summed E-state index contributed by atoms with van der Waals surface area (Å²) in [4.78, 5) is 23.8. The zero-order valence-electron chi connectivity index (χ0n) is 27.2. The molecule has 5 aliphatic rings. The predicted molar refractivity (Wildman–Crippen MR) is 159 cm³/mol. The van der Waals surface area contributed by atoms with Crippen molar-refractivity contribution in [3.63, 3.8) is 0 Å². The zero-order valence-corrected chi connectivity index (χ0v) is 27.2. The molecule has 1 aliphatic heterocycles. The first-order valence-electron chi connectivity index (χ1n) is 16.5. The first-order valence-corrected chi connectivity index (χ1v) is 16.5. The van der Waals surface area contributed by atoms with Gasteiger partial charge in [-0.25, -0.2) is 0 Å². The topological polar surface area (TPSA) is 139 Å². The van der Waals surface area contributed by atoms with Gasteiger partial charge in [-0.2, -0.15) is 0 Å². The van der Waals surface area contributed by atoms with E-state index >= 15 is 0 Å². The van der Waals surface area contributed by atoms with Crippen LogP contribution in [0.3, 0.4) is 0 Å².